The summed E-state index contributed by atoms with van der Waals surface area (Å²) < 4.78 is 0. The monoisotopic (exact) mass is 338 g/mol. The fraction of sp³-hybridized carbons (Fsp3) is 0.556. The molecule has 1 rings (SSSR count). The summed E-state index contributed by atoms with van der Waals surface area (Å²) in [5.74, 6) is 0.224. The predicted molar refractivity (Wildman–Crippen MR) is 94.2 cm³/mol. The van der Waals surface area contributed by atoms with Crippen LogP contribution in [0.2, 0.25) is 5.02 Å². The number of nitrogens with zero attached hydrogens (tertiary/aromatic N) is 1. The molecule has 0 radical (unpaired) electrons. The first kappa shape index (κ1) is 19.5. The molecule has 1 atom stereocenters. The van der Waals surface area contributed by atoms with Crippen molar-refractivity contribution in [3.63, 3.8) is 0 Å². The van der Waals surface area contributed by atoms with Crippen LogP contribution in [0.3, 0.4) is 0 Å². The zero-order valence-electron chi connectivity index (χ0n) is 14.4. The van der Waals surface area contributed by atoms with Crippen LogP contribution in [0.25, 0.3) is 0 Å². The first-order valence-corrected chi connectivity index (χ1v) is 8.59. The first-order chi connectivity index (χ1) is 10.9. The van der Waals surface area contributed by atoms with Gasteiger partial charge >= 0.3 is 0 Å². The van der Waals surface area contributed by atoms with Crippen molar-refractivity contribution in [3.05, 3.63) is 34.9 Å². The Morgan fingerprint density at radius 3 is 2.39 bits per heavy atom. The molecule has 0 saturated heterocycles. The van der Waals surface area contributed by atoms with E-state index >= 15 is 0 Å². The van der Waals surface area contributed by atoms with Crippen molar-refractivity contribution < 1.29 is 9.59 Å². The van der Waals surface area contributed by atoms with Gasteiger partial charge in [-0.15, -0.1) is 0 Å². The van der Waals surface area contributed by atoms with E-state index < -0.39 is 6.04 Å². The van der Waals surface area contributed by atoms with Gasteiger partial charge in [0.05, 0.1) is 0 Å². The lowest BCUT2D eigenvalue weighted by Gasteiger charge is -2.30. The highest BCUT2D eigenvalue weighted by molar-refractivity contribution is 6.31. The van der Waals surface area contributed by atoms with Crippen LogP contribution in [0.15, 0.2) is 24.3 Å². The summed E-state index contributed by atoms with van der Waals surface area (Å²) in [4.78, 5) is 26.5. The lowest BCUT2D eigenvalue weighted by Crippen LogP contribution is -2.49. The molecular formula is C18H27ClN2O2. The fourth-order valence-electron chi connectivity index (χ4n) is 2.36. The number of benzene rings is 1. The Balaban J connectivity index is 2.96. The van der Waals surface area contributed by atoms with Gasteiger partial charge in [0.25, 0.3) is 0 Å². The highest BCUT2D eigenvalue weighted by Crippen LogP contribution is 2.20. The molecule has 0 heterocycles. The SMILES string of the molecule is CCC(=O)N(Cc1ccccc1Cl)C(CC)C(=O)NCC(C)C. The van der Waals surface area contributed by atoms with E-state index in [-0.39, 0.29) is 11.8 Å². The van der Waals surface area contributed by atoms with Crippen LogP contribution in [0.5, 0.6) is 0 Å². The van der Waals surface area contributed by atoms with E-state index in [0.717, 1.165) is 5.56 Å². The minimum absolute atomic E-state index is 0.0449. The maximum Gasteiger partial charge on any atom is 0.242 e. The molecule has 1 N–H and O–H groups in total. The second-order valence-electron chi connectivity index (χ2n) is 6.03. The average molecular weight is 339 g/mol. The molecule has 5 heteroatoms. The number of hydrogen-bond donors (Lipinski definition) is 1. The summed E-state index contributed by atoms with van der Waals surface area (Å²) >= 11 is 6.21. The largest absolute Gasteiger partial charge is 0.354 e. The third-order valence-corrected chi connectivity index (χ3v) is 4.04. The Morgan fingerprint density at radius 1 is 1.22 bits per heavy atom. The third-order valence-electron chi connectivity index (χ3n) is 3.67. The van der Waals surface area contributed by atoms with Crippen LogP contribution >= 0.6 is 11.6 Å². The summed E-state index contributed by atoms with van der Waals surface area (Å²) in [6.07, 6.45) is 0.929. The number of carbonyl (C=O) groups is 2. The van der Waals surface area contributed by atoms with E-state index in [1.807, 2.05) is 39.0 Å². The lowest BCUT2D eigenvalue weighted by atomic mass is 10.1. The van der Waals surface area contributed by atoms with Gasteiger partial charge in [0, 0.05) is 24.5 Å². The normalized spacial score (nSPS) is 12.1. The van der Waals surface area contributed by atoms with Crippen LogP contribution in [0.4, 0.5) is 0 Å². The second-order valence-corrected chi connectivity index (χ2v) is 6.44. The molecule has 0 aliphatic carbocycles. The van der Waals surface area contributed by atoms with Gasteiger partial charge in [-0.2, -0.15) is 0 Å². The molecule has 1 unspecified atom stereocenters. The zero-order valence-corrected chi connectivity index (χ0v) is 15.2. The Hall–Kier alpha value is -1.55. The summed E-state index contributed by atoms with van der Waals surface area (Å²) in [6, 6.07) is 6.94. The molecule has 0 aliphatic heterocycles. The van der Waals surface area contributed by atoms with Crippen LogP contribution in [-0.2, 0) is 16.1 Å². The van der Waals surface area contributed by atoms with Crippen molar-refractivity contribution in [2.24, 2.45) is 5.92 Å². The van der Waals surface area contributed by atoms with Crippen molar-refractivity contribution in [3.8, 4) is 0 Å². The van der Waals surface area contributed by atoms with Crippen molar-refractivity contribution in [1.82, 2.24) is 10.2 Å². The predicted octanol–water partition coefficient (Wildman–Crippen LogP) is 3.63. The number of nitrogens with one attached hydrogen (secondary N) is 1. The van der Waals surface area contributed by atoms with Crippen LogP contribution < -0.4 is 5.32 Å². The van der Waals surface area contributed by atoms with Gasteiger partial charge in [0.1, 0.15) is 6.04 Å². The molecule has 4 nitrogen and oxygen atoms in total. The third kappa shape index (κ3) is 5.87. The molecular weight excluding hydrogens is 312 g/mol. The van der Waals surface area contributed by atoms with Crippen LogP contribution in [0, 0.1) is 5.92 Å². The van der Waals surface area contributed by atoms with Crippen LogP contribution in [-0.4, -0.2) is 29.3 Å². The van der Waals surface area contributed by atoms with E-state index in [2.05, 4.69) is 5.32 Å². The van der Waals surface area contributed by atoms with Crippen molar-refractivity contribution in [2.75, 3.05) is 6.54 Å². The second kappa shape index (κ2) is 9.56. The van der Waals surface area contributed by atoms with Gasteiger partial charge in [-0.3, -0.25) is 9.59 Å². The fourth-order valence-corrected chi connectivity index (χ4v) is 2.55. The maximum absolute atomic E-state index is 12.5. The smallest absolute Gasteiger partial charge is 0.242 e. The molecule has 1 aromatic carbocycles. The Morgan fingerprint density at radius 2 is 1.87 bits per heavy atom. The van der Waals surface area contributed by atoms with E-state index in [4.69, 9.17) is 11.6 Å². The quantitative estimate of drug-likeness (QED) is 0.786. The van der Waals surface area contributed by atoms with Gasteiger partial charge in [-0.1, -0.05) is 57.5 Å². The molecule has 2 amide bonds. The van der Waals surface area contributed by atoms with E-state index in [1.165, 1.54) is 0 Å². The van der Waals surface area contributed by atoms with Crippen molar-refractivity contribution >= 4 is 23.4 Å². The highest BCUT2D eigenvalue weighted by Gasteiger charge is 2.28. The van der Waals surface area contributed by atoms with E-state index in [9.17, 15) is 9.59 Å². The molecule has 0 saturated carbocycles. The minimum Gasteiger partial charge on any atom is -0.354 e. The topological polar surface area (TPSA) is 49.4 Å². The van der Waals surface area contributed by atoms with Gasteiger partial charge in [-0.05, 0) is 24.0 Å². The summed E-state index contributed by atoms with van der Waals surface area (Å²) in [5.41, 5.74) is 0.853. The molecule has 128 valence electrons. The molecule has 0 aromatic heterocycles. The van der Waals surface area contributed by atoms with Gasteiger partial charge in [-0.25, -0.2) is 0 Å². The number of halogens is 1. The average Bonchev–Trinajstić information content (AvgIpc) is 2.53. The maximum atomic E-state index is 12.5. The van der Waals surface area contributed by atoms with Gasteiger partial charge in [0.2, 0.25) is 11.8 Å². The Kier molecular flexibility index (Phi) is 8.10. The molecule has 0 aliphatic rings. The van der Waals surface area contributed by atoms with Gasteiger partial charge < -0.3 is 10.2 Å². The van der Waals surface area contributed by atoms with Crippen molar-refractivity contribution in [2.45, 2.75) is 53.1 Å². The molecule has 0 fully saturated rings. The summed E-state index contributed by atoms with van der Waals surface area (Å²) in [5, 5.41) is 3.54. The van der Waals surface area contributed by atoms with E-state index in [0.29, 0.717) is 36.9 Å². The molecule has 1 aromatic rings. The molecule has 0 bridgehead atoms. The number of carbonyl (C=O) groups excluding carboxylic acids is 2. The molecule has 23 heavy (non-hydrogen) atoms. The standard InChI is InChI=1S/C18H27ClN2O2/c1-5-16(18(23)20-11-13(3)4)21(17(22)6-2)12-14-9-7-8-10-15(14)19/h7-10,13,16H,5-6,11-12H2,1-4H3,(H,20,23). The van der Waals surface area contributed by atoms with Crippen LogP contribution in [0.1, 0.15) is 46.1 Å². The first-order valence-electron chi connectivity index (χ1n) is 8.21. The number of amides is 2. The zero-order chi connectivity index (χ0) is 17.4. The number of hydrogen-bond acceptors (Lipinski definition) is 2. The van der Waals surface area contributed by atoms with Gasteiger partial charge in [0.15, 0.2) is 0 Å². The Bertz CT molecular complexity index is 532. The Labute approximate surface area is 144 Å². The summed E-state index contributed by atoms with van der Waals surface area (Å²) in [7, 11) is 0. The number of rotatable bonds is 8. The van der Waals surface area contributed by atoms with Crippen molar-refractivity contribution in [1.29, 1.82) is 0 Å². The lowest BCUT2D eigenvalue weighted by molar-refractivity contribution is -0.141. The minimum atomic E-state index is -0.475. The highest BCUT2D eigenvalue weighted by atomic mass is 35.5. The summed E-state index contributed by atoms with van der Waals surface area (Å²) in [6.45, 7) is 8.76. The molecule has 0 spiro atoms. The van der Waals surface area contributed by atoms with E-state index in [1.54, 1.807) is 17.9 Å².